The molecular formula is C13H19N3O3. The second-order valence-corrected chi connectivity index (χ2v) is 5.55. The predicted molar refractivity (Wildman–Crippen MR) is 74.1 cm³/mol. The minimum absolute atomic E-state index is 0.00270. The van der Waals surface area contributed by atoms with Crippen LogP contribution in [0.1, 0.15) is 20.3 Å². The largest absolute Gasteiger partial charge is 0.398 e. The minimum Gasteiger partial charge on any atom is -0.398 e. The number of non-ortho nitro benzene ring substituents is 1. The lowest BCUT2D eigenvalue weighted by molar-refractivity contribution is -0.384. The molecule has 104 valence electrons. The number of benzene rings is 1. The maximum absolute atomic E-state index is 10.8. The molecule has 2 rings (SSSR count). The quantitative estimate of drug-likeness (QED) is 0.495. The van der Waals surface area contributed by atoms with Crippen molar-refractivity contribution < 1.29 is 9.66 Å². The molecule has 2 unspecified atom stereocenters. The summed E-state index contributed by atoms with van der Waals surface area (Å²) in [4.78, 5) is 10.4. The number of hydrogen-bond acceptors (Lipinski definition) is 5. The third-order valence-electron chi connectivity index (χ3n) is 3.95. The summed E-state index contributed by atoms with van der Waals surface area (Å²) in [6, 6.07) is 4.80. The van der Waals surface area contributed by atoms with Crippen LogP contribution in [0.3, 0.4) is 0 Å². The van der Waals surface area contributed by atoms with E-state index in [2.05, 4.69) is 19.2 Å². The molecule has 0 aromatic heterocycles. The van der Waals surface area contributed by atoms with Gasteiger partial charge in [-0.25, -0.2) is 0 Å². The molecule has 19 heavy (non-hydrogen) atoms. The predicted octanol–water partition coefficient (Wildman–Crippen LogP) is 2.40. The normalized spacial score (nSPS) is 24.6. The Balaban J connectivity index is 2.15. The van der Waals surface area contributed by atoms with Crippen molar-refractivity contribution in [1.29, 1.82) is 0 Å². The van der Waals surface area contributed by atoms with E-state index in [-0.39, 0.29) is 23.2 Å². The SMILES string of the molecule is COC1CC(Nc2cc(N)cc([N+](=O)[O-])c2)C1(C)C. The highest BCUT2D eigenvalue weighted by atomic mass is 16.6. The Hall–Kier alpha value is -1.82. The molecule has 1 aliphatic rings. The molecule has 0 amide bonds. The van der Waals surface area contributed by atoms with Gasteiger partial charge >= 0.3 is 0 Å². The van der Waals surface area contributed by atoms with Crippen LogP contribution >= 0.6 is 0 Å². The summed E-state index contributed by atoms with van der Waals surface area (Å²) in [5.41, 5.74) is 6.75. The number of nitrogen functional groups attached to an aromatic ring is 1. The van der Waals surface area contributed by atoms with E-state index in [1.165, 1.54) is 12.1 Å². The molecule has 0 spiro atoms. The molecule has 1 aliphatic carbocycles. The summed E-state index contributed by atoms with van der Waals surface area (Å²) in [6.45, 7) is 4.23. The minimum atomic E-state index is -0.439. The summed E-state index contributed by atoms with van der Waals surface area (Å²) >= 11 is 0. The van der Waals surface area contributed by atoms with Gasteiger partial charge in [-0.15, -0.1) is 0 Å². The van der Waals surface area contributed by atoms with Gasteiger partial charge in [0.2, 0.25) is 0 Å². The van der Waals surface area contributed by atoms with Crippen LogP contribution in [0.25, 0.3) is 0 Å². The number of nitro groups is 1. The molecule has 1 fully saturated rings. The molecule has 1 aromatic rings. The first-order chi connectivity index (χ1) is 8.84. The van der Waals surface area contributed by atoms with Crippen LogP contribution in [0.2, 0.25) is 0 Å². The zero-order valence-corrected chi connectivity index (χ0v) is 11.3. The van der Waals surface area contributed by atoms with Gasteiger partial charge in [0.15, 0.2) is 0 Å². The molecule has 6 nitrogen and oxygen atoms in total. The maximum Gasteiger partial charge on any atom is 0.273 e. The Morgan fingerprint density at radius 3 is 2.68 bits per heavy atom. The van der Waals surface area contributed by atoms with Crippen molar-refractivity contribution in [2.45, 2.75) is 32.4 Å². The number of hydrogen-bond donors (Lipinski definition) is 2. The third-order valence-corrected chi connectivity index (χ3v) is 3.95. The zero-order chi connectivity index (χ0) is 14.2. The first-order valence-electron chi connectivity index (χ1n) is 6.19. The van der Waals surface area contributed by atoms with E-state index < -0.39 is 4.92 Å². The van der Waals surface area contributed by atoms with Crippen LogP contribution in [-0.4, -0.2) is 24.2 Å². The van der Waals surface area contributed by atoms with Gasteiger partial charge < -0.3 is 15.8 Å². The van der Waals surface area contributed by atoms with Crippen molar-refractivity contribution in [3.05, 3.63) is 28.3 Å². The van der Waals surface area contributed by atoms with Crippen LogP contribution in [0.15, 0.2) is 18.2 Å². The lowest BCUT2D eigenvalue weighted by Gasteiger charge is -2.51. The van der Waals surface area contributed by atoms with Gasteiger partial charge in [-0.3, -0.25) is 10.1 Å². The maximum atomic E-state index is 10.8. The summed E-state index contributed by atoms with van der Waals surface area (Å²) in [6.07, 6.45) is 1.09. The van der Waals surface area contributed by atoms with Crippen molar-refractivity contribution >= 4 is 17.1 Å². The van der Waals surface area contributed by atoms with E-state index in [0.29, 0.717) is 11.4 Å². The van der Waals surface area contributed by atoms with Crippen LogP contribution in [0, 0.1) is 15.5 Å². The molecule has 0 saturated heterocycles. The number of nitrogens with zero attached hydrogens (tertiary/aromatic N) is 1. The van der Waals surface area contributed by atoms with Crippen LogP contribution in [0.4, 0.5) is 17.1 Å². The van der Waals surface area contributed by atoms with E-state index in [9.17, 15) is 10.1 Å². The summed E-state index contributed by atoms with van der Waals surface area (Å²) in [5, 5.41) is 14.1. The van der Waals surface area contributed by atoms with Gasteiger partial charge in [-0.2, -0.15) is 0 Å². The summed E-state index contributed by atoms with van der Waals surface area (Å²) < 4.78 is 5.38. The van der Waals surface area contributed by atoms with E-state index in [1.807, 2.05) is 0 Å². The Morgan fingerprint density at radius 1 is 1.47 bits per heavy atom. The first kappa shape index (κ1) is 13.6. The fourth-order valence-corrected chi connectivity index (χ4v) is 2.55. The second kappa shape index (κ2) is 4.70. The molecule has 0 bridgehead atoms. The van der Waals surface area contributed by atoms with Gasteiger partial charge in [-0.1, -0.05) is 13.8 Å². The standard InChI is InChI=1S/C13H19N3O3/c1-13(2)11(7-12(13)19-3)15-9-4-8(14)5-10(6-9)16(17)18/h4-6,11-12,15H,7,14H2,1-3H3. The third kappa shape index (κ3) is 2.49. The molecule has 1 aromatic carbocycles. The monoisotopic (exact) mass is 265 g/mol. The van der Waals surface area contributed by atoms with Gasteiger partial charge in [-0.05, 0) is 12.5 Å². The molecular weight excluding hydrogens is 246 g/mol. The first-order valence-corrected chi connectivity index (χ1v) is 6.19. The Kier molecular flexibility index (Phi) is 3.36. The topological polar surface area (TPSA) is 90.4 Å². The number of anilines is 2. The number of methoxy groups -OCH3 is 1. The molecule has 0 heterocycles. The summed E-state index contributed by atoms with van der Waals surface area (Å²) in [7, 11) is 1.70. The Labute approximate surface area is 112 Å². The lowest BCUT2D eigenvalue weighted by Crippen LogP contribution is -2.57. The highest BCUT2D eigenvalue weighted by molar-refractivity contribution is 5.62. The molecule has 0 aliphatic heterocycles. The van der Waals surface area contributed by atoms with Crippen molar-refractivity contribution in [2.75, 3.05) is 18.2 Å². The smallest absolute Gasteiger partial charge is 0.273 e. The molecule has 2 atom stereocenters. The van der Waals surface area contributed by atoms with Crippen molar-refractivity contribution in [2.24, 2.45) is 5.41 Å². The van der Waals surface area contributed by atoms with Gasteiger partial charge in [0, 0.05) is 42.1 Å². The Bertz CT molecular complexity index is 502. The number of nitro benzene ring substituents is 1. The van der Waals surface area contributed by atoms with Gasteiger partial charge in [0.05, 0.1) is 11.0 Å². The summed E-state index contributed by atoms with van der Waals surface area (Å²) in [5.74, 6) is 0. The molecule has 3 N–H and O–H groups in total. The highest BCUT2D eigenvalue weighted by Gasteiger charge is 2.48. The zero-order valence-electron chi connectivity index (χ0n) is 11.3. The molecule has 0 radical (unpaired) electrons. The average molecular weight is 265 g/mol. The number of nitrogens with two attached hydrogens (primary N) is 1. The van der Waals surface area contributed by atoms with Crippen LogP contribution in [0.5, 0.6) is 0 Å². The number of ether oxygens (including phenoxy) is 1. The van der Waals surface area contributed by atoms with Gasteiger partial charge in [0.1, 0.15) is 0 Å². The number of nitrogens with one attached hydrogen (secondary N) is 1. The number of rotatable bonds is 4. The fourth-order valence-electron chi connectivity index (χ4n) is 2.55. The second-order valence-electron chi connectivity index (χ2n) is 5.55. The lowest BCUT2D eigenvalue weighted by atomic mass is 9.64. The molecule has 6 heteroatoms. The van der Waals surface area contributed by atoms with Crippen molar-refractivity contribution in [3.8, 4) is 0 Å². The van der Waals surface area contributed by atoms with Crippen molar-refractivity contribution in [3.63, 3.8) is 0 Å². The van der Waals surface area contributed by atoms with Crippen molar-refractivity contribution in [1.82, 2.24) is 0 Å². The van der Waals surface area contributed by atoms with E-state index >= 15 is 0 Å². The average Bonchev–Trinajstić information content (AvgIpc) is 2.33. The van der Waals surface area contributed by atoms with E-state index in [4.69, 9.17) is 10.5 Å². The van der Waals surface area contributed by atoms with Crippen LogP contribution in [-0.2, 0) is 4.74 Å². The fraction of sp³-hybridized carbons (Fsp3) is 0.538. The van der Waals surface area contributed by atoms with Gasteiger partial charge in [0.25, 0.3) is 5.69 Å². The van der Waals surface area contributed by atoms with E-state index in [0.717, 1.165) is 6.42 Å². The Morgan fingerprint density at radius 2 is 2.16 bits per heavy atom. The molecule has 1 saturated carbocycles. The van der Waals surface area contributed by atoms with Crippen LogP contribution < -0.4 is 11.1 Å². The highest BCUT2D eigenvalue weighted by Crippen LogP contribution is 2.44. The van der Waals surface area contributed by atoms with E-state index in [1.54, 1.807) is 13.2 Å².